The first-order valence-corrected chi connectivity index (χ1v) is 3.71. The first kappa shape index (κ1) is 8.74. The van der Waals surface area contributed by atoms with Crippen molar-refractivity contribution in [2.24, 2.45) is 5.92 Å². The molecule has 0 aliphatic heterocycles. The summed E-state index contributed by atoms with van der Waals surface area (Å²) in [6, 6.07) is 0. The van der Waals surface area contributed by atoms with Crippen LogP contribution in [0.3, 0.4) is 0 Å². The van der Waals surface area contributed by atoms with Crippen molar-refractivity contribution >= 4 is 0 Å². The fraction of sp³-hybridized carbons (Fsp3) is 0.667. The molecule has 0 aromatic heterocycles. The second kappa shape index (κ2) is 5.87. The third kappa shape index (κ3) is 5.61. The summed E-state index contributed by atoms with van der Waals surface area (Å²) < 4.78 is 0. The molecule has 0 saturated heterocycles. The highest BCUT2D eigenvalue weighted by Crippen LogP contribution is 2.10. The normalized spacial score (nSPS) is 13.1. The Morgan fingerprint density at radius 3 is 2.67 bits per heavy atom. The summed E-state index contributed by atoms with van der Waals surface area (Å²) in [6.45, 7) is 9.75. The Hall–Kier alpha value is -0.260. The van der Waals surface area contributed by atoms with Crippen molar-refractivity contribution in [3.63, 3.8) is 0 Å². The van der Waals surface area contributed by atoms with Crippen LogP contribution in [-0.2, 0) is 0 Å². The van der Waals surface area contributed by atoms with Gasteiger partial charge in [-0.2, -0.15) is 0 Å². The van der Waals surface area contributed by atoms with Crippen LogP contribution < -0.4 is 0 Å². The molecule has 0 N–H and O–H groups in total. The van der Waals surface area contributed by atoms with Gasteiger partial charge in [-0.3, -0.25) is 0 Å². The van der Waals surface area contributed by atoms with Crippen LogP contribution in [0, 0.1) is 12.8 Å². The van der Waals surface area contributed by atoms with Gasteiger partial charge in [-0.05, 0) is 12.3 Å². The lowest BCUT2D eigenvalue weighted by Gasteiger charge is -2.05. The van der Waals surface area contributed by atoms with Crippen molar-refractivity contribution in [1.82, 2.24) is 0 Å². The molecule has 0 nitrogen and oxygen atoms in total. The smallest absolute Gasteiger partial charge is 0.0328 e. The Morgan fingerprint density at radius 1 is 1.56 bits per heavy atom. The maximum Gasteiger partial charge on any atom is -0.0328 e. The summed E-state index contributed by atoms with van der Waals surface area (Å²) in [6.07, 6.45) is 6.78. The van der Waals surface area contributed by atoms with Gasteiger partial charge in [0.2, 0.25) is 0 Å². The SMILES string of the molecule is [CH2]CCCC(C)CC=C. The first-order chi connectivity index (χ1) is 4.31. The molecule has 0 spiro atoms. The van der Waals surface area contributed by atoms with E-state index in [4.69, 9.17) is 0 Å². The summed E-state index contributed by atoms with van der Waals surface area (Å²) in [5, 5.41) is 0. The van der Waals surface area contributed by atoms with E-state index in [1.807, 2.05) is 6.08 Å². The molecular formula is C9H17. The molecule has 0 fully saturated rings. The van der Waals surface area contributed by atoms with Crippen molar-refractivity contribution in [2.45, 2.75) is 32.6 Å². The lowest BCUT2D eigenvalue weighted by molar-refractivity contribution is 0.519. The Morgan fingerprint density at radius 2 is 2.22 bits per heavy atom. The van der Waals surface area contributed by atoms with Gasteiger partial charge in [0.25, 0.3) is 0 Å². The molecular weight excluding hydrogens is 108 g/mol. The topological polar surface area (TPSA) is 0 Å². The van der Waals surface area contributed by atoms with E-state index < -0.39 is 0 Å². The summed E-state index contributed by atoms with van der Waals surface area (Å²) in [5.74, 6) is 0.809. The van der Waals surface area contributed by atoms with Crippen LogP contribution in [0.4, 0.5) is 0 Å². The largest absolute Gasteiger partial charge is 0.103 e. The highest BCUT2D eigenvalue weighted by molar-refractivity contribution is 4.70. The average molecular weight is 125 g/mol. The third-order valence-electron chi connectivity index (χ3n) is 1.52. The van der Waals surface area contributed by atoms with E-state index >= 15 is 0 Å². The third-order valence-corrected chi connectivity index (χ3v) is 1.52. The average Bonchev–Trinajstić information content (AvgIpc) is 1.85. The van der Waals surface area contributed by atoms with Crippen LogP contribution >= 0.6 is 0 Å². The van der Waals surface area contributed by atoms with Gasteiger partial charge in [0.05, 0.1) is 0 Å². The van der Waals surface area contributed by atoms with Gasteiger partial charge >= 0.3 is 0 Å². The van der Waals surface area contributed by atoms with Gasteiger partial charge in [0.1, 0.15) is 0 Å². The Bertz CT molecular complexity index is 64.4. The zero-order valence-electron chi connectivity index (χ0n) is 6.40. The van der Waals surface area contributed by atoms with Gasteiger partial charge in [-0.1, -0.05) is 39.2 Å². The van der Waals surface area contributed by atoms with E-state index in [9.17, 15) is 0 Å². The van der Waals surface area contributed by atoms with Gasteiger partial charge in [0, 0.05) is 0 Å². The molecule has 1 unspecified atom stereocenters. The van der Waals surface area contributed by atoms with Gasteiger partial charge in [-0.15, -0.1) is 6.58 Å². The van der Waals surface area contributed by atoms with Crippen LogP contribution in [0.5, 0.6) is 0 Å². The van der Waals surface area contributed by atoms with Crippen LogP contribution in [0.1, 0.15) is 32.6 Å². The van der Waals surface area contributed by atoms with E-state index in [1.165, 1.54) is 12.8 Å². The minimum absolute atomic E-state index is 0.809. The highest BCUT2D eigenvalue weighted by Gasteiger charge is 1.96. The zero-order valence-corrected chi connectivity index (χ0v) is 6.40. The predicted octanol–water partition coefficient (Wildman–Crippen LogP) is 3.20. The fourth-order valence-electron chi connectivity index (χ4n) is 0.895. The molecule has 0 rings (SSSR count). The Kier molecular flexibility index (Phi) is 5.70. The summed E-state index contributed by atoms with van der Waals surface area (Å²) >= 11 is 0. The van der Waals surface area contributed by atoms with E-state index in [-0.39, 0.29) is 0 Å². The Labute approximate surface area is 59.0 Å². The number of rotatable bonds is 5. The van der Waals surface area contributed by atoms with Gasteiger partial charge < -0.3 is 0 Å². The molecule has 0 aromatic rings. The first-order valence-electron chi connectivity index (χ1n) is 3.71. The monoisotopic (exact) mass is 125 g/mol. The summed E-state index contributed by atoms with van der Waals surface area (Å²) in [7, 11) is 0. The van der Waals surface area contributed by atoms with Crippen LogP contribution in [-0.4, -0.2) is 0 Å². The molecule has 53 valence electrons. The van der Waals surface area contributed by atoms with Crippen molar-refractivity contribution in [3.05, 3.63) is 19.6 Å². The number of unbranched alkanes of at least 4 members (excludes halogenated alkanes) is 1. The second-order valence-corrected chi connectivity index (χ2v) is 2.63. The fourth-order valence-corrected chi connectivity index (χ4v) is 0.895. The van der Waals surface area contributed by atoms with Crippen molar-refractivity contribution in [2.75, 3.05) is 0 Å². The quantitative estimate of drug-likeness (QED) is 0.495. The molecule has 0 aromatic carbocycles. The molecule has 1 radical (unpaired) electrons. The number of hydrogen-bond acceptors (Lipinski definition) is 0. The molecule has 1 atom stereocenters. The van der Waals surface area contributed by atoms with Crippen molar-refractivity contribution in [3.8, 4) is 0 Å². The maximum absolute atomic E-state index is 3.79. The minimum atomic E-state index is 0.809. The molecule has 0 amide bonds. The molecule has 0 aliphatic carbocycles. The van der Waals surface area contributed by atoms with Crippen LogP contribution in [0.15, 0.2) is 12.7 Å². The molecule has 0 heterocycles. The molecule has 0 heteroatoms. The number of hydrogen-bond donors (Lipinski definition) is 0. The molecule has 0 bridgehead atoms. The summed E-state index contributed by atoms with van der Waals surface area (Å²) in [5.41, 5.74) is 0. The highest BCUT2D eigenvalue weighted by atomic mass is 14.0. The summed E-state index contributed by atoms with van der Waals surface area (Å²) in [4.78, 5) is 0. The maximum atomic E-state index is 3.79. The molecule has 0 aliphatic rings. The van der Waals surface area contributed by atoms with Crippen LogP contribution in [0.2, 0.25) is 0 Å². The van der Waals surface area contributed by atoms with Gasteiger partial charge in [0.15, 0.2) is 0 Å². The minimum Gasteiger partial charge on any atom is -0.103 e. The zero-order chi connectivity index (χ0) is 7.11. The Balaban J connectivity index is 3.04. The molecule has 9 heavy (non-hydrogen) atoms. The van der Waals surface area contributed by atoms with Gasteiger partial charge in [-0.25, -0.2) is 0 Å². The van der Waals surface area contributed by atoms with Crippen molar-refractivity contribution in [1.29, 1.82) is 0 Å². The lowest BCUT2D eigenvalue weighted by atomic mass is 10.0. The van der Waals surface area contributed by atoms with E-state index in [1.54, 1.807) is 0 Å². The molecule has 0 saturated carbocycles. The lowest BCUT2D eigenvalue weighted by Crippen LogP contribution is -1.90. The second-order valence-electron chi connectivity index (χ2n) is 2.63. The van der Waals surface area contributed by atoms with E-state index in [0.717, 1.165) is 18.8 Å². The van der Waals surface area contributed by atoms with E-state index in [0.29, 0.717) is 0 Å². The van der Waals surface area contributed by atoms with Crippen molar-refractivity contribution < 1.29 is 0 Å². The van der Waals surface area contributed by atoms with E-state index in [2.05, 4.69) is 20.4 Å². The standard InChI is InChI=1S/C9H17/c1-4-6-8-9(3)7-5-2/h5,9H,1-2,4,6-8H2,3H3. The predicted molar refractivity (Wildman–Crippen MR) is 43.2 cm³/mol. The number of allylic oxidation sites excluding steroid dienone is 1. The van der Waals surface area contributed by atoms with Crippen LogP contribution in [0.25, 0.3) is 0 Å².